The molecule has 19 heavy (non-hydrogen) atoms. The number of ether oxygens (including phenoxy) is 1. The van der Waals surface area contributed by atoms with Gasteiger partial charge in [0.25, 0.3) is 0 Å². The average molecular weight is 267 g/mol. The van der Waals surface area contributed by atoms with Crippen LogP contribution in [0.3, 0.4) is 0 Å². The summed E-state index contributed by atoms with van der Waals surface area (Å²) in [5.41, 5.74) is 0.924. The number of aliphatic hydroxyl groups excluding tert-OH is 1. The summed E-state index contributed by atoms with van der Waals surface area (Å²) >= 11 is 0. The van der Waals surface area contributed by atoms with E-state index in [1.807, 2.05) is 0 Å². The van der Waals surface area contributed by atoms with Crippen LogP contribution < -0.4 is 5.32 Å². The maximum atomic E-state index is 11.0. The second-order valence-corrected chi connectivity index (χ2v) is 4.41. The van der Waals surface area contributed by atoms with Crippen molar-refractivity contribution in [1.29, 1.82) is 0 Å². The number of carbonyl (C=O) groups is 1. The first-order valence-electron chi connectivity index (χ1n) is 6.43. The van der Waals surface area contributed by atoms with Gasteiger partial charge in [-0.05, 0) is 31.9 Å². The number of carboxylic acids is 1. The van der Waals surface area contributed by atoms with Crippen molar-refractivity contribution in [3.8, 4) is 0 Å². The summed E-state index contributed by atoms with van der Waals surface area (Å²) in [4.78, 5) is 11.0. The predicted octanol–water partition coefficient (Wildman–Crippen LogP) is 1.97. The van der Waals surface area contributed by atoms with E-state index < -0.39 is 12.1 Å². The van der Waals surface area contributed by atoms with Crippen molar-refractivity contribution in [2.45, 2.75) is 25.9 Å². The zero-order chi connectivity index (χ0) is 14.1. The molecule has 0 bridgehead atoms. The minimum Gasteiger partial charge on any atom is -0.478 e. The zero-order valence-electron chi connectivity index (χ0n) is 11.1. The van der Waals surface area contributed by atoms with E-state index in [-0.39, 0.29) is 5.56 Å². The number of unbranched alkanes of at least 4 members (excludes halogenated alkanes) is 1. The summed E-state index contributed by atoms with van der Waals surface area (Å²) in [5, 5.41) is 21.1. The van der Waals surface area contributed by atoms with E-state index in [1.165, 1.54) is 0 Å². The van der Waals surface area contributed by atoms with Gasteiger partial charge in [-0.1, -0.05) is 12.1 Å². The van der Waals surface area contributed by atoms with Gasteiger partial charge in [-0.2, -0.15) is 0 Å². The number of rotatable bonds is 9. The van der Waals surface area contributed by atoms with Crippen molar-refractivity contribution in [3.63, 3.8) is 0 Å². The molecule has 0 aliphatic heterocycles. The van der Waals surface area contributed by atoms with Gasteiger partial charge in [0.2, 0.25) is 0 Å². The van der Waals surface area contributed by atoms with E-state index in [0.717, 1.165) is 12.8 Å². The van der Waals surface area contributed by atoms with Gasteiger partial charge < -0.3 is 20.3 Å². The summed E-state index contributed by atoms with van der Waals surface area (Å²) in [7, 11) is 0. The van der Waals surface area contributed by atoms with Crippen molar-refractivity contribution in [3.05, 3.63) is 29.8 Å². The molecule has 1 aromatic rings. The summed E-state index contributed by atoms with van der Waals surface area (Å²) in [6.45, 7) is 3.34. The quantitative estimate of drug-likeness (QED) is 0.596. The Morgan fingerprint density at radius 2 is 2.11 bits per heavy atom. The zero-order valence-corrected chi connectivity index (χ0v) is 11.1. The maximum absolute atomic E-state index is 11.0. The molecular formula is C14H21NO4. The molecule has 0 amide bonds. The van der Waals surface area contributed by atoms with E-state index in [9.17, 15) is 4.79 Å². The monoisotopic (exact) mass is 267 g/mol. The summed E-state index contributed by atoms with van der Waals surface area (Å²) in [5.74, 6) is -0.927. The normalized spacial score (nSPS) is 12.1. The first kappa shape index (κ1) is 15.5. The molecule has 0 aromatic heterocycles. The van der Waals surface area contributed by atoms with E-state index in [0.29, 0.717) is 25.4 Å². The highest BCUT2D eigenvalue weighted by Gasteiger charge is 2.07. The third-order valence-corrected chi connectivity index (χ3v) is 2.55. The third kappa shape index (κ3) is 6.22. The molecule has 1 unspecified atom stereocenters. The van der Waals surface area contributed by atoms with Gasteiger partial charge in [0, 0.05) is 18.8 Å². The van der Waals surface area contributed by atoms with Crippen molar-refractivity contribution in [1.82, 2.24) is 0 Å². The lowest BCUT2D eigenvalue weighted by Gasteiger charge is -2.09. The van der Waals surface area contributed by atoms with E-state index in [1.54, 1.807) is 31.2 Å². The minimum atomic E-state index is -0.927. The van der Waals surface area contributed by atoms with Crippen LogP contribution in [0, 0.1) is 0 Å². The molecule has 0 saturated heterocycles. The van der Waals surface area contributed by atoms with Gasteiger partial charge in [0.05, 0.1) is 18.3 Å². The Bertz CT molecular complexity index is 393. The minimum absolute atomic E-state index is 0.285. The third-order valence-electron chi connectivity index (χ3n) is 2.55. The highest BCUT2D eigenvalue weighted by molar-refractivity contribution is 5.94. The molecule has 1 atom stereocenters. The Kier molecular flexibility index (Phi) is 6.92. The number of hydrogen-bond donors (Lipinski definition) is 3. The number of nitrogens with one attached hydrogen (secondary N) is 1. The summed E-state index contributed by atoms with van der Waals surface area (Å²) < 4.78 is 5.24. The smallest absolute Gasteiger partial charge is 0.337 e. The second kappa shape index (κ2) is 8.50. The number of carboxylic acid groups (broad SMARTS) is 1. The lowest BCUT2D eigenvalue weighted by Crippen LogP contribution is -2.12. The van der Waals surface area contributed by atoms with Gasteiger partial charge >= 0.3 is 5.97 Å². The number of aromatic carboxylic acids is 1. The van der Waals surface area contributed by atoms with Crippen LogP contribution in [-0.4, -0.2) is 42.0 Å². The van der Waals surface area contributed by atoms with Crippen molar-refractivity contribution in [2.75, 3.05) is 25.1 Å². The molecule has 5 heteroatoms. The standard InChI is InChI=1S/C14H21NO4/c1-11(16)10-19-9-5-4-8-15-13-7-3-2-6-12(13)14(17)18/h2-3,6-7,11,15-16H,4-5,8-10H2,1H3,(H,17,18). The fourth-order valence-electron chi connectivity index (χ4n) is 1.63. The first-order valence-corrected chi connectivity index (χ1v) is 6.43. The Labute approximate surface area is 113 Å². The molecule has 0 heterocycles. The fraction of sp³-hybridized carbons (Fsp3) is 0.500. The van der Waals surface area contributed by atoms with Crippen LogP contribution in [0.2, 0.25) is 0 Å². The van der Waals surface area contributed by atoms with Crippen LogP contribution >= 0.6 is 0 Å². The van der Waals surface area contributed by atoms with Crippen molar-refractivity contribution in [2.24, 2.45) is 0 Å². The number of hydrogen-bond acceptors (Lipinski definition) is 4. The Balaban J connectivity index is 2.21. The average Bonchev–Trinajstić information content (AvgIpc) is 2.37. The molecule has 1 aromatic carbocycles. The topological polar surface area (TPSA) is 78.8 Å². The molecule has 0 fully saturated rings. The number of anilines is 1. The maximum Gasteiger partial charge on any atom is 0.337 e. The van der Waals surface area contributed by atoms with Crippen LogP contribution in [-0.2, 0) is 4.74 Å². The molecule has 3 N–H and O–H groups in total. The number of aliphatic hydroxyl groups is 1. The van der Waals surface area contributed by atoms with Gasteiger partial charge in [0.15, 0.2) is 0 Å². The summed E-state index contributed by atoms with van der Waals surface area (Å²) in [6, 6.07) is 6.85. The highest BCUT2D eigenvalue weighted by Crippen LogP contribution is 2.14. The van der Waals surface area contributed by atoms with E-state index >= 15 is 0 Å². The van der Waals surface area contributed by atoms with Crippen LogP contribution in [0.25, 0.3) is 0 Å². The van der Waals surface area contributed by atoms with Gasteiger partial charge in [-0.15, -0.1) is 0 Å². The van der Waals surface area contributed by atoms with Gasteiger partial charge in [-0.3, -0.25) is 0 Å². The Morgan fingerprint density at radius 1 is 1.37 bits per heavy atom. The molecular weight excluding hydrogens is 246 g/mol. The van der Waals surface area contributed by atoms with Crippen LogP contribution in [0.5, 0.6) is 0 Å². The number of benzene rings is 1. The van der Waals surface area contributed by atoms with Crippen molar-refractivity contribution >= 4 is 11.7 Å². The molecule has 1 rings (SSSR count). The second-order valence-electron chi connectivity index (χ2n) is 4.41. The van der Waals surface area contributed by atoms with E-state index in [2.05, 4.69) is 5.32 Å². The van der Waals surface area contributed by atoms with Gasteiger partial charge in [0.1, 0.15) is 0 Å². The predicted molar refractivity (Wildman–Crippen MR) is 73.6 cm³/mol. The first-order chi connectivity index (χ1) is 9.11. The molecule has 106 valence electrons. The molecule has 0 radical (unpaired) electrons. The molecule has 0 spiro atoms. The van der Waals surface area contributed by atoms with Crippen LogP contribution in [0.15, 0.2) is 24.3 Å². The molecule has 5 nitrogen and oxygen atoms in total. The molecule has 0 aliphatic rings. The van der Waals surface area contributed by atoms with E-state index in [4.69, 9.17) is 14.9 Å². The lowest BCUT2D eigenvalue weighted by atomic mass is 10.2. The van der Waals surface area contributed by atoms with Crippen LogP contribution in [0.1, 0.15) is 30.1 Å². The highest BCUT2D eigenvalue weighted by atomic mass is 16.5. The van der Waals surface area contributed by atoms with Crippen LogP contribution in [0.4, 0.5) is 5.69 Å². The fourth-order valence-corrected chi connectivity index (χ4v) is 1.63. The Hall–Kier alpha value is -1.59. The van der Waals surface area contributed by atoms with Crippen molar-refractivity contribution < 1.29 is 19.7 Å². The molecule has 0 aliphatic carbocycles. The Morgan fingerprint density at radius 3 is 2.79 bits per heavy atom. The lowest BCUT2D eigenvalue weighted by molar-refractivity contribution is 0.0449. The summed E-state index contributed by atoms with van der Waals surface area (Å²) in [6.07, 6.45) is 1.32. The SMILES string of the molecule is CC(O)COCCCCNc1ccccc1C(=O)O. The largest absolute Gasteiger partial charge is 0.478 e. The molecule has 0 saturated carbocycles. The van der Waals surface area contributed by atoms with Gasteiger partial charge in [-0.25, -0.2) is 4.79 Å². The number of para-hydroxylation sites is 1.